The maximum atomic E-state index is 13.6. The number of halogens is 3. The topological polar surface area (TPSA) is 92.0 Å². The molecule has 1 saturated carbocycles. The first-order chi connectivity index (χ1) is 18.2. The zero-order chi connectivity index (χ0) is 27.4. The van der Waals surface area contributed by atoms with Crippen molar-refractivity contribution in [2.75, 3.05) is 13.7 Å². The molecule has 1 heterocycles. The number of rotatable bonds is 8. The third-order valence-corrected chi connectivity index (χ3v) is 9.04. The molecule has 8 nitrogen and oxygen atoms in total. The van der Waals surface area contributed by atoms with Gasteiger partial charge in [0.05, 0.1) is 35.3 Å². The van der Waals surface area contributed by atoms with E-state index in [2.05, 4.69) is 52.9 Å². The van der Waals surface area contributed by atoms with Crippen molar-refractivity contribution in [1.29, 1.82) is 0 Å². The summed E-state index contributed by atoms with van der Waals surface area (Å²) >= 11 is 10.6. The third kappa shape index (κ3) is 6.15. The summed E-state index contributed by atoms with van der Waals surface area (Å²) in [6.45, 7) is 3.83. The lowest BCUT2D eigenvalue weighted by Crippen LogP contribution is -2.25. The third-order valence-electron chi connectivity index (χ3n) is 6.40. The van der Waals surface area contributed by atoms with Gasteiger partial charge in [0.2, 0.25) is 0 Å². The van der Waals surface area contributed by atoms with E-state index in [0.717, 1.165) is 30.2 Å². The number of aromatic nitrogens is 2. The van der Waals surface area contributed by atoms with Gasteiger partial charge in [-0.15, -0.1) is 0 Å². The minimum absolute atomic E-state index is 0.159. The summed E-state index contributed by atoms with van der Waals surface area (Å²) in [5.74, 6) is 1.09. The molecule has 1 aliphatic rings. The summed E-state index contributed by atoms with van der Waals surface area (Å²) < 4.78 is 19.9. The molecular weight excluding hydrogens is 686 g/mol. The number of fused-ring (bicyclic) bond motifs is 1. The largest absolute Gasteiger partial charge is 0.490 e. The lowest BCUT2D eigenvalue weighted by molar-refractivity contribution is -0.148. The predicted octanol–water partition coefficient (Wildman–Crippen LogP) is 6.95. The Morgan fingerprint density at radius 3 is 2.61 bits per heavy atom. The highest BCUT2D eigenvalue weighted by atomic mass is 79.9. The van der Waals surface area contributed by atoms with Gasteiger partial charge in [-0.2, -0.15) is 9.78 Å². The number of hydrogen-bond acceptors (Lipinski definition) is 7. The van der Waals surface area contributed by atoms with E-state index in [9.17, 15) is 9.59 Å². The van der Waals surface area contributed by atoms with E-state index in [-0.39, 0.29) is 11.5 Å². The van der Waals surface area contributed by atoms with Crippen LogP contribution in [-0.2, 0) is 9.53 Å². The fourth-order valence-corrected chi connectivity index (χ4v) is 5.76. The summed E-state index contributed by atoms with van der Waals surface area (Å²) in [4.78, 5) is 30.5. The van der Waals surface area contributed by atoms with Gasteiger partial charge in [-0.1, -0.05) is 35.2 Å². The summed E-state index contributed by atoms with van der Waals surface area (Å²) in [6, 6.07) is 7.27. The quantitative estimate of drug-likeness (QED) is 0.185. The Morgan fingerprint density at radius 2 is 1.92 bits per heavy atom. The first kappa shape index (κ1) is 28.8. The second kappa shape index (κ2) is 12.7. The Labute approximate surface area is 246 Å². The van der Waals surface area contributed by atoms with Gasteiger partial charge in [-0.05, 0) is 82.8 Å². The molecule has 0 radical (unpaired) electrons. The number of carbonyl (C=O) groups excluding carboxylic acids is 1. The number of hydrogen-bond donors (Lipinski definition) is 0. The standard InChI is InChI=1S/C27H28Br3N3O5/c1-4-37-21-12-17(22(29)23(30)24(21)38-15(2)27(35)36-3)14-31-33-25(16-8-6-5-7-9-16)32-20-11-10-18(28)13-19(20)26(33)34/h10-16H,4-9H2,1-3H3/t15-/m1/s1. The van der Waals surface area contributed by atoms with Crippen LogP contribution in [0.5, 0.6) is 11.5 Å². The summed E-state index contributed by atoms with van der Waals surface area (Å²) in [6.07, 6.45) is 6.09. The normalized spacial score (nSPS) is 15.1. The highest BCUT2D eigenvalue weighted by molar-refractivity contribution is 9.13. The van der Waals surface area contributed by atoms with Crippen molar-refractivity contribution in [3.05, 3.63) is 59.4 Å². The van der Waals surface area contributed by atoms with Crippen LogP contribution in [0.4, 0.5) is 0 Å². The fourth-order valence-electron chi connectivity index (χ4n) is 4.48. The molecule has 1 atom stereocenters. The Morgan fingerprint density at radius 1 is 1.18 bits per heavy atom. The van der Waals surface area contributed by atoms with E-state index in [0.29, 0.717) is 49.3 Å². The SMILES string of the molecule is CCOc1cc(C=Nn2c(C3CCCCC3)nc3ccc(Br)cc3c2=O)c(Br)c(Br)c1O[C@H](C)C(=O)OC. The van der Waals surface area contributed by atoms with Crippen LogP contribution in [0.2, 0.25) is 0 Å². The van der Waals surface area contributed by atoms with Gasteiger partial charge in [0, 0.05) is 20.4 Å². The highest BCUT2D eigenvalue weighted by Crippen LogP contribution is 2.43. The Bertz CT molecular complexity index is 1430. The predicted molar refractivity (Wildman–Crippen MR) is 158 cm³/mol. The zero-order valence-corrected chi connectivity index (χ0v) is 26.1. The van der Waals surface area contributed by atoms with Crippen LogP contribution in [0, 0.1) is 0 Å². The number of ether oxygens (including phenoxy) is 3. The smallest absolute Gasteiger partial charge is 0.346 e. The zero-order valence-electron chi connectivity index (χ0n) is 21.3. The maximum Gasteiger partial charge on any atom is 0.346 e. The highest BCUT2D eigenvalue weighted by Gasteiger charge is 2.24. The van der Waals surface area contributed by atoms with Crippen LogP contribution in [0.15, 0.2) is 47.6 Å². The summed E-state index contributed by atoms with van der Waals surface area (Å²) in [5, 5.41) is 5.14. The number of nitrogens with zero attached hydrogens (tertiary/aromatic N) is 3. The van der Waals surface area contributed by atoms with Gasteiger partial charge in [-0.3, -0.25) is 4.79 Å². The van der Waals surface area contributed by atoms with Crippen LogP contribution in [0.1, 0.15) is 63.3 Å². The Hall–Kier alpha value is -2.24. The van der Waals surface area contributed by atoms with Gasteiger partial charge in [0.25, 0.3) is 5.56 Å². The molecule has 1 fully saturated rings. The lowest BCUT2D eigenvalue weighted by atomic mass is 9.88. The number of benzene rings is 2. The van der Waals surface area contributed by atoms with E-state index < -0.39 is 12.1 Å². The second-order valence-electron chi connectivity index (χ2n) is 8.97. The van der Waals surface area contributed by atoms with Crippen LogP contribution < -0.4 is 15.0 Å². The molecule has 1 aromatic heterocycles. The molecule has 1 aliphatic carbocycles. The van der Waals surface area contributed by atoms with Gasteiger partial charge in [0.1, 0.15) is 5.82 Å². The first-order valence-corrected chi connectivity index (χ1v) is 14.8. The lowest BCUT2D eigenvalue weighted by Gasteiger charge is -2.23. The van der Waals surface area contributed by atoms with E-state index in [1.54, 1.807) is 25.3 Å². The molecule has 2 aromatic carbocycles. The van der Waals surface area contributed by atoms with E-state index in [4.69, 9.17) is 19.2 Å². The molecule has 0 amide bonds. The van der Waals surface area contributed by atoms with Crippen LogP contribution >= 0.6 is 47.8 Å². The number of methoxy groups -OCH3 is 1. The molecule has 38 heavy (non-hydrogen) atoms. The fraction of sp³-hybridized carbons (Fsp3) is 0.407. The van der Waals surface area contributed by atoms with E-state index in [1.165, 1.54) is 18.2 Å². The minimum Gasteiger partial charge on any atom is -0.490 e. The Balaban J connectivity index is 1.82. The molecule has 202 valence electrons. The average Bonchev–Trinajstić information content (AvgIpc) is 2.92. The number of esters is 1. The van der Waals surface area contributed by atoms with Crippen molar-refractivity contribution in [2.45, 2.75) is 58.0 Å². The molecule has 0 aliphatic heterocycles. The van der Waals surface area contributed by atoms with Crippen LogP contribution in [-0.4, -0.2) is 41.7 Å². The molecular formula is C27H28Br3N3O5. The molecule has 0 saturated heterocycles. The van der Waals surface area contributed by atoms with Crippen molar-refractivity contribution in [2.24, 2.45) is 5.10 Å². The van der Waals surface area contributed by atoms with Crippen molar-refractivity contribution in [1.82, 2.24) is 9.66 Å². The van der Waals surface area contributed by atoms with E-state index >= 15 is 0 Å². The van der Waals surface area contributed by atoms with Crippen LogP contribution in [0.3, 0.4) is 0 Å². The molecule has 0 unspecified atom stereocenters. The van der Waals surface area contributed by atoms with Crippen molar-refractivity contribution >= 4 is 70.9 Å². The minimum atomic E-state index is -0.846. The van der Waals surface area contributed by atoms with Gasteiger partial charge in [-0.25, -0.2) is 9.78 Å². The molecule has 0 N–H and O–H groups in total. The molecule has 0 spiro atoms. The molecule has 3 aromatic rings. The summed E-state index contributed by atoms with van der Waals surface area (Å²) in [5.41, 5.74) is 1.09. The van der Waals surface area contributed by atoms with Crippen LogP contribution in [0.25, 0.3) is 10.9 Å². The summed E-state index contributed by atoms with van der Waals surface area (Å²) in [7, 11) is 1.31. The van der Waals surface area contributed by atoms with Crippen molar-refractivity contribution < 1.29 is 19.0 Å². The number of carbonyl (C=O) groups is 1. The van der Waals surface area contributed by atoms with Crippen molar-refractivity contribution in [3.8, 4) is 11.5 Å². The van der Waals surface area contributed by atoms with Gasteiger partial charge >= 0.3 is 5.97 Å². The maximum absolute atomic E-state index is 13.6. The molecule has 4 rings (SSSR count). The second-order valence-corrected chi connectivity index (χ2v) is 11.5. The Kier molecular flexibility index (Phi) is 9.64. The molecule has 0 bridgehead atoms. The van der Waals surface area contributed by atoms with Gasteiger partial charge < -0.3 is 14.2 Å². The molecule has 11 heteroatoms. The first-order valence-electron chi connectivity index (χ1n) is 12.4. The average molecular weight is 714 g/mol. The van der Waals surface area contributed by atoms with Gasteiger partial charge in [0.15, 0.2) is 17.6 Å². The monoisotopic (exact) mass is 711 g/mol. The van der Waals surface area contributed by atoms with Crippen molar-refractivity contribution in [3.63, 3.8) is 0 Å². The van der Waals surface area contributed by atoms with E-state index in [1.807, 2.05) is 19.1 Å².